The average molecular weight is 286 g/mol. The third-order valence-corrected chi connectivity index (χ3v) is 2.81. The minimum Gasteiger partial charge on any atom is -0.463 e. The van der Waals surface area contributed by atoms with Crippen LogP contribution in [0, 0.1) is 0 Å². The number of nitrogens with one attached hydrogen (secondary N) is 1. The van der Waals surface area contributed by atoms with Crippen LogP contribution in [0.15, 0.2) is 41.3 Å². The maximum Gasteiger partial charge on any atom is 0.247 e. The van der Waals surface area contributed by atoms with Gasteiger partial charge in [-0.2, -0.15) is 15.0 Å². The van der Waals surface area contributed by atoms with E-state index in [-0.39, 0.29) is 12.5 Å². The SMILES string of the molecule is CCn1ncc(NC(=O)Cn2ccc(-c3ccco3)n2)n1. The summed E-state index contributed by atoms with van der Waals surface area (Å²) in [6.07, 6.45) is 4.82. The first-order valence-corrected chi connectivity index (χ1v) is 6.52. The fourth-order valence-electron chi connectivity index (χ4n) is 1.84. The predicted octanol–water partition coefficient (Wildman–Crippen LogP) is 1.39. The third kappa shape index (κ3) is 2.99. The van der Waals surface area contributed by atoms with Crippen molar-refractivity contribution in [1.29, 1.82) is 0 Å². The van der Waals surface area contributed by atoms with Gasteiger partial charge >= 0.3 is 0 Å². The maximum atomic E-state index is 11.9. The molecule has 21 heavy (non-hydrogen) atoms. The van der Waals surface area contributed by atoms with Crippen molar-refractivity contribution in [2.24, 2.45) is 0 Å². The van der Waals surface area contributed by atoms with E-state index in [0.29, 0.717) is 23.8 Å². The molecule has 1 amide bonds. The highest BCUT2D eigenvalue weighted by Gasteiger charge is 2.09. The third-order valence-electron chi connectivity index (χ3n) is 2.81. The molecule has 1 N–H and O–H groups in total. The topological polar surface area (TPSA) is 90.8 Å². The molecule has 0 spiro atoms. The molecule has 8 heteroatoms. The number of aryl methyl sites for hydroxylation is 1. The Balaban J connectivity index is 1.62. The Labute approximate surface area is 120 Å². The van der Waals surface area contributed by atoms with Crippen LogP contribution in [0.5, 0.6) is 0 Å². The molecule has 8 nitrogen and oxygen atoms in total. The molecule has 0 aromatic carbocycles. The van der Waals surface area contributed by atoms with E-state index in [1.807, 2.05) is 13.0 Å². The molecule has 108 valence electrons. The number of hydrogen-bond acceptors (Lipinski definition) is 5. The fourth-order valence-corrected chi connectivity index (χ4v) is 1.84. The van der Waals surface area contributed by atoms with E-state index >= 15 is 0 Å². The highest BCUT2D eigenvalue weighted by molar-refractivity contribution is 5.89. The van der Waals surface area contributed by atoms with Crippen molar-refractivity contribution < 1.29 is 9.21 Å². The number of anilines is 1. The summed E-state index contributed by atoms with van der Waals surface area (Å²) in [5.74, 6) is 0.882. The van der Waals surface area contributed by atoms with Gasteiger partial charge in [0.05, 0.1) is 19.0 Å². The lowest BCUT2D eigenvalue weighted by atomic mass is 10.3. The van der Waals surface area contributed by atoms with E-state index in [4.69, 9.17) is 4.42 Å². The lowest BCUT2D eigenvalue weighted by molar-refractivity contribution is -0.116. The van der Waals surface area contributed by atoms with Gasteiger partial charge < -0.3 is 9.73 Å². The van der Waals surface area contributed by atoms with E-state index in [9.17, 15) is 4.79 Å². The Bertz CT molecular complexity index is 728. The summed E-state index contributed by atoms with van der Waals surface area (Å²) in [5.41, 5.74) is 0.685. The van der Waals surface area contributed by atoms with Crippen molar-refractivity contribution in [2.45, 2.75) is 20.0 Å². The summed E-state index contributed by atoms with van der Waals surface area (Å²) in [7, 11) is 0. The Hall–Kier alpha value is -2.90. The van der Waals surface area contributed by atoms with Gasteiger partial charge in [-0.05, 0) is 25.1 Å². The monoisotopic (exact) mass is 286 g/mol. The number of furan rings is 1. The van der Waals surface area contributed by atoms with Crippen molar-refractivity contribution in [1.82, 2.24) is 24.8 Å². The van der Waals surface area contributed by atoms with Crippen LogP contribution in [0.25, 0.3) is 11.5 Å². The summed E-state index contributed by atoms with van der Waals surface area (Å²) in [6.45, 7) is 2.67. The molecule has 0 aliphatic rings. The van der Waals surface area contributed by atoms with Crippen LogP contribution in [-0.2, 0) is 17.9 Å². The fraction of sp³-hybridized carbons (Fsp3) is 0.231. The molecule has 0 saturated heterocycles. The average Bonchev–Trinajstić information content (AvgIpc) is 3.19. The number of amides is 1. The zero-order chi connectivity index (χ0) is 14.7. The standard InChI is InChI=1S/C13H14N6O2/c1-2-19-14-8-12(17-19)15-13(20)9-18-6-5-10(16-18)11-4-3-7-21-11/h3-8H,2,9H2,1H3,(H,15,17,20). The van der Waals surface area contributed by atoms with E-state index in [1.165, 1.54) is 15.7 Å². The van der Waals surface area contributed by atoms with E-state index < -0.39 is 0 Å². The smallest absolute Gasteiger partial charge is 0.247 e. The van der Waals surface area contributed by atoms with Gasteiger partial charge in [0, 0.05) is 6.20 Å². The van der Waals surface area contributed by atoms with Gasteiger partial charge in [0.25, 0.3) is 0 Å². The molecule has 0 saturated carbocycles. The lowest BCUT2D eigenvalue weighted by Gasteiger charge is -2.01. The quantitative estimate of drug-likeness (QED) is 0.765. The van der Waals surface area contributed by atoms with Gasteiger partial charge in [0.15, 0.2) is 11.6 Å². The largest absolute Gasteiger partial charge is 0.463 e. The van der Waals surface area contributed by atoms with Gasteiger partial charge in [-0.3, -0.25) is 9.48 Å². The number of nitrogens with zero attached hydrogens (tertiary/aromatic N) is 5. The molecule has 0 unspecified atom stereocenters. The molecule has 3 aromatic rings. The summed E-state index contributed by atoms with van der Waals surface area (Å²) in [4.78, 5) is 13.4. The van der Waals surface area contributed by atoms with Crippen LogP contribution in [0.2, 0.25) is 0 Å². The molecule has 0 fully saturated rings. The van der Waals surface area contributed by atoms with E-state index in [2.05, 4.69) is 20.6 Å². The van der Waals surface area contributed by atoms with Gasteiger partial charge in [0.2, 0.25) is 5.91 Å². The molecule has 3 rings (SSSR count). The first-order chi connectivity index (χ1) is 10.2. The minimum atomic E-state index is -0.216. The van der Waals surface area contributed by atoms with Crippen molar-refractivity contribution in [3.05, 3.63) is 36.9 Å². The van der Waals surface area contributed by atoms with Gasteiger partial charge in [-0.25, -0.2) is 0 Å². The molecule has 0 radical (unpaired) electrons. The Morgan fingerprint density at radius 1 is 1.38 bits per heavy atom. The Kier molecular flexibility index (Phi) is 3.50. The molecule has 0 aliphatic heterocycles. The highest BCUT2D eigenvalue weighted by atomic mass is 16.3. The van der Waals surface area contributed by atoms with Crippen molar-refractivity contribution in [3.63, 3.8) is 0 Å². The summed E-state index contributed by atoms with van der Waals surface area (Å²) >= 11 is 0. The van der Waals surface area contributed by atoms with Crippen LogP contribution >= 0.6 is 0 Å². The molecular formula is C13H14N6O2. The molecule has 3 aromatic heterocycles. The van der Waals surface area contributed by atoms with Gasteiger partial charge in [-0.15, -0.1) is 5.10 Å². The Morgan fingerprint density at radius 2 is 2.29 bits per heavy atom. The number of carbonyl (C=O) groups is 1. The molecule has 0 aliphatic carbocycles. The molecule has 3 heterocycles. The zero-order valence-electron chi connectivity index (χ0n) is 11.4. The zero-order valence-corrected chi connectivity index (χ0v) is 11.4. The number of aromatic nitrogens is 5. The maximum absolute atomic E-state index is 11.9. The Morgan fingerprint density at radius 3 is 3.00 bits per heavy atom. The molecule has 0 bridgehead atoms. The van der Waals surface area contributed by atoms with Crippen molar-refractivity contribution in [3.8, 4) is 11.5 Å². The molecular weight excluding hydrogens is 272 g/mol. The molecule has 0 atom stereocenters. The van der Waals surface area contributed by atoms with Crippen LogP contribution < -0.4 is 5.32 Å². The highest BCUT2D eigenvalue weighted by Crippen LogP contribution is 2.16. The van der Waals surface area contributed by atoms with Crippen LogP contribution in [0.4, 0.5) is 5.82 Å². The second-order valence-electron chi connectivity index (χ2n) is 4.34. The van der Waals surface area contributed by atoms with E-state index in [0.717, 1.165) is 0 Å². The van der Waals surface area contributed by atoms with E-state index in [1.54, 1.807) is 24.6 Å². The van der Waals surface area contributed by atoms with Crippen LogP contribution in [0.1, 0.15) is 6.92 Å². The minimum absolute atomic E-state index is 0.0969. The second-order valence-corrected chi connectivity index (χ2v) is 4.34. The normalized spacial score (nSPS) is 10.7. The van der Waals surface area contributed by atoms with Crippen molar-refractivity contribution >= 4 is 11.7 Å². The van der Waals surface area contributed by atoms with Crippen LogP contribution in [0.3, 0.4) is 0 Å². The summed E-state index contributed by atoms with van der Waals surface area (Å²) in [5, 5.41) is 15.0. The van der Waals surface area contributed by atoms with Crippen molar-refractivity contribution in [2.75, 3.05) is 5.32 Å². The number of hydrogen-bond donors (Lipinski definition) is 1. The first kappa shape index (κ1) is 13.1. The first-order valence-electron chi connectivity index (χ1n) is 6.52. The van der Waals surface area contributed by atoms with Gasteiger partial charge in [0.1, 0.15) is 12.2 Å². The predicted molar refractivity (Wildman–Crippen MR) is 74.3 cm³/mol. The number of carbonyl (C=O) groups excluding carboxylic acids is 1. The summed E-state index contributed by atoms with van der Waals surface area (Å²) in [6, 6.07) is 5.40. The van der Waals surface area contributed by atoms with Crippen LogP contribution in [-0.4, -0.2) is 30.7 Å². The number of rotatable bonds is 5. The van der Waals surface area contributed by atoms with Gasteiger partial charge in [-0.1, -0.05) is 0 Å². The lowest BCUT2D eigenvalue weighted by Crippen LogP contribution is -2.19. The summed E-state index contributed by atoms with van der Waals surface area (Å²) < 4.78 is 6.79. The second kappa shape index (κ2) is 5.61.